The van der Waals surface area contributed by atoms with E-state index in [9.17, 15) is 0 Å². The minimum atomic E-state index is 0.364. The first-order chi connectivity index (χ1) is 9.15. The van der Waals surface area contributed by atoms with Gasteiger partial charge in [0.05, 0.1) is 0 Å². The van der Waals surface area contributed by atoms with E-state index in [1.807, 2.05) is 0 Å². The Morgan fingerprint density at radius 2 is 1.74 bits per heavy atom. The lowest BCUT2D eigenvalue weighted by molar-refractivity contribution is 0.247. The van der Waals surface area contributed by atoms with E-state index in [2.05, 4.69) is 47.4 Å². The number of rotatable bonds is 5. The lowest BCUT2D eigenvalue weighted by Gasteiger charge is -2.34. The Morgan fingerprint density at radius 3 is 2.26 bits per heavy atom. The second kappa shape index (κ2) is 6.33. The van der Waals surface area contributed by atoms with Crippen molar-refractivity contribution in [2.24, 2.45) is 5.41 Å². The molecule has 4 heteroatoms. The largest absolute Gasteiger partial charge is 0.354 e. The van der Waals surface area contributed by atoms with Crippen LogP contribution in [0.5, 0.6) is 0 Å². The van der Waals surface area contributed by atoms with E-state index >= 15 is 0 Å². The Balaban J connectivity index is 2.02. The number of piperidine rings is 1. The second-order valence-corrected chi connectivity index (χ2v) is 5.80. The fraction of sp³-hybridized carbons (Fsp3) is 0.733. The standard InChI is InChI=1S/C15H26N4/c1-4-12-10-13(5-2)19-14(18-12)17-11-15(3)6-8-16-9-7-15/h10,16H,4-9,11H2,1-3H3,(H,17,18,19). The van der Waals surface area contributed by atoms with E-state index < -0.39 is 0 Å². The topological polar surface area (TPSA) is 49.8 Å². The summed E-state index contributed by atoms with van der Waals surface area (Å²) in [4.78, 5) is 9.16. The third-order valence-corrected chi connectivity index (χ3v) is 4.04. The maximum atomic E-state index is 4.58. The summed E-state index contributed by atoms with van der Waals surface area (Å²) < 4.78 is 0. The maximum Gasteiger partial charge on any atom is 0.223 e. The zero-order chi connectivity index (χ0) is 13.7. The highest BCUT2D eigenvalue weighted by atomic mass is 15.1. The molecular weight excluding hydrogens is 236 g/mol. The fourth-order valence-electron chi connectivity index (χ4n) is 2.49. The molecule has 0 aromatic carbocycles. The molecule has 1 aromatic rings. The third kappa shape index (κ3) is 3.90. The average Bonchev–Trinajstić information content (AvgIpc) is 2.45. The van der Waals surface area contributed by atoms with Crippen LogP contribution in [0.25, 0.3) is 0 Å². The lowest BCUT2D eigenvalue weighted by Crippen LogP contribution is -2.39. The van der Waals surface area contributed by atoms with Crippen molar-refractivity contribution < 1.29 is 0 Å². The van der Waals surface area contributed by atoms with Gasteiger partial charge in [0.15, 0.2) is 0 Å². The highest BCUT2D eigenvalue weighted by Gasteiger charge is 2.26. The molecule has 0 unspecified atom stereocenters. The van der Waals surface area contributed by atoms with Crippen LogP contribution in [0.1, 0.15) is 45.0 Å². The van der Waals surface area contributed by atoms with Crippen molar-refractivity contribution in [3.63, 3.8) is 0 Å². The Morgan fingerprint density at radius 1 is 1.16 bits per heavy atom. The van der Waals surface area contributed by atoms with Crippen molar-refractivity contribution in [3.8, 4) is 0 Å². The summed E-state index contributed by atoms with van der Waals surface area (Å²) in [5.74, 6) is 0.802. The molecule has 0 saturated carbocycles. The van der Waals surface area contributed by atoms with Crippen molar-refractivity contribution in [1.29, 1.82) is 0 Å². The maximum absolute atomic E-state index is 4.58. The van der Waals surface area contributed by atoms with Gasteiger partial charge in [-0.1, -0.05) is 20.8 Å². The first-order valence-corrected chi connectivity index (χ1v) is 7.46. The number of hydrogen-bond donors (Lipinski definition) is 2. The third-order valence-electron chi connectivity index (χ3n) is 4.04. The monoisotopic (exact) mass is 262 g/mol. The zero-order valence-corrected chi connectivity index (χ0v) is 12.4. The van der Waals surface area contributed by atoms with Crippen LogP contribution in [-0.4, -0.2) is 29.6 Å². The summed E-state index contributed by atoms with van der Waals surface area (Å²) in [5, 5.41) is 6.87. The Labute approximate surface area is 116 Å². The molecule has 2 rings (SSSR count). The van der Waals surface area contributed by atoms with Crippen molar-refractivity contribution in [2.45, 2.75) is 46.5 Å². The normalized spacial score (nSPS) is 18.3. The molecule has 0 aliphatic carbocycles. The van der Waals surface area contributed by atoms with Crippen LogP contribution >= 0.6 is 0 Å². The zero-order valence-electron chi connectivity index (χ0n) is 12.4. The van der Waals surface area contributed by atoms with Crippen molar-refractivity contribution in [3.05, 3.63) is 17.5 Å². The summed E-state index contributed by atoms with van der Waals surface area (Å²) in [6.07, 6.45) is 4.36. The molecule has 0 radical (unpaired) electrons. The van der Waals surface area contributed by atoms with Gasteiger partial charge in [0.2, 0.25) is 5.95 Å². The van der Waals surface area contributed by atoms with Crippen LogP contribution in [0.4, 0.5) is 5.95 Å². The Kier molecular flexibility index (Phi) is 4.75. The predicted molar refractivity (Wildman–Crippen MR) is 79.5 cm³/mol. The number of hydrogen-bond acceptors (Lipinski definition) is 4. The smallest absolute Gasteiger partial charge is 0.223 e. The predicted octanol–water partition coefficient (Wildman–Crippen LogP) is 2.40. The van der Waals surface area contributed by atoms with Gasteiger partial charge in [-0.05, 0) is 50.3 Å². The van der Waals surface area contributed by atoms with E-state index in [1.165, 1.54) is 12.8 Å². The average molecular weight is 262 g/mol. The van der Waals surface area contributed by atoms with Crippen LogP contribution in [0.15, 0.2) is 6.07 Å². The first-order valence-electron chi connectivity index (χ1n) is 7.46. The van der Waals surface area contributed by atoms with Gasteiger partial charge in [-0.3, -0.25) is 0 Å². The van der Waals surface area contributed by atoms with Crippen LogP contribution in [0.2, 0.25) is 0 Å². The minimum absolute atomic E-state index is 0.364. The van der Waals surface area contributed by atoms with Crippen LogP contribution in [0.3, 0.4) is 0 Å². The minimum Gasteiger partial charge on any atom is -0.354 e. The van der Waals surface area contributed by atoms with Gasteiger partial charge in [-0.15, -0.1) is 0 Å². The summed E-state index contributed by atoms with van der Waals surface area (Å²) in [5.41, 5.74) is 2.62. The molecule has 1 aliphatic rings. The summed E-state index contributed by atoms with van der Waals surface area (Å²) in [6, 6.07) is 2.11. The van der Waals surface area contributed by atoms with E-state index in [0.717, 1.165) is 49.8 Å². The fourth-order valence-corrected chi connectivity index (χ4v) is 2.49. The summed E-state index contributed by atoms with van der Waals surface area (Å²) in [7, 11) is 0. The number of nitrogens with one attached hydrogen (secondary N) is 2. The van der Waals surface area contributed by atoms with Crippen LogP contribution in [0, 0.1) is 5.41 Å². The quantitative estimate of drug-likeness (QED) is 0.855. The molecule has 2 heterocycles. The van der Waals surface area contributed by atoms with Gasteiger partial charge < -0.3 is 10.6 Å². The molecule has 2 N–H and O–H groups in total. The van der Waals surface area contributed by atoms with Crippen LogP contribution < -0.4 is 10.6 Å². The van der Waals surface area contributed by atoms with Gasteiger partial charge in [-0.25, -0.2) is 9.97 Å². The number of nitrogens with zero attached hydrogens (tertiary/aromatic N) is 2. The molecule has 0 atom stereocenters. The SMILES string of the molecule is CCc1cc(CC)nc(NCC2(C)CCNCC2)n1. The van der Waals surface area contributed by atoms with E-state index in [0.29, 0.717) is 5.41 Å². The molecule has 19 heavy (non-hydrogen) atoms. The van der Waals surface area contributed by atoms with Crippen LogP contribution in [-0.2, 0) is 12.8 Å². The molecule has 1 fully saturated rings. The molecule has 1 aromatic heterocycles. The van der Waals surface area contributed by atoms with Crippen molar-refractivity contribution in [1.82, 2.24) is 15.3 Å². The second-order valence-electron chi connectivity index (χ2n) is 5.80. The highest BCUT2D eigenvalue weighted by molar-refractivity contribution is 5.29. The van der Waals surface area contributed by atoms with E-state index in [-0.39, 0.29) is 0 Å². The van der Waals surface area contributed by atoms with Crippen molar-refractivity contribution >= 4 is 5.95 Å². The van der Waals surface area contributed by atoms with E-state index in [1.54, 1.807) is 0 Å². The Bertz CT molecular complexity index is 388. The first kappa shape index (κ1) is 14.3. The molecule has 4 nitrogen and oxygen atoms in total. The highest BCUT2D eigenvalue weighted by Crippen LogP contribution is 2.27. The molecule has 0 bridgehead atoms. The summed E-state index contributed by atoms with van der Waals surface area (Å²) >= 11 is 0. The summed E-state index contributed by atoms with van der Waals surface area (Å²) in [6.45, 7) is 9.83. The van der Waals surface area contributed by atoms with Gasteiger partial charge in [-0.2, -0.15) is 0 Å². The molecule has 106 valence electrons. The van der Waals surface area contributed by atoms with Gasteiger partial charge in [0, 0.05) is 17.9 Å². The van der Waals surface area contributed by atoms with Gasteiger partial charge in [0.25, 0.3) is 0 Å². The molecule has 0 amide bonds. The van der Waals surface area contributed by atoms with Gasteiger partial charge in [0.1, 0.15) is 0 Å². The molecule has 0 spiro atoms. The Hall–Kier alpha value is -1.16. The van der Waals surface area contributed by atoms with E-state index in [4.69, 9.17) is 0 Å². The number of aromatic nitrogens is 2. The lowest BCUT2D eigenvalue weighted by atomic mass is 9.81. The van der Waals surface area contributed by atoms with Crippen molar-refractivity contribution in [2.75, 3.05) is 25.0 Å². The number of anilines is 1. The molecule has 1 aliphatic heterocycles. The molecule has 1 saturated heterocycles. The molecular formula is C15H26N4. The van der Waals surface area contributed by atoms with Gasteiger partial charge >= 0.3 is 0 Å². The number of aryl methyl sites for hydroxylation is 2.